The summed E-state index contributed by atoms with van der Waals surface area (Å²) in [5.74, 6) is -1.77. The van der Waals surface area contributed by atoms with Crippen LogP contribution in [-0.2, 0) is 14.2 Å². The third-order valence-corrected chi connectivity index (χ3v) is 9.96. The number of hydrogen-bond acceptors (Lipinski definition) is 14. The van der Waals surface area contributed by atoms with Crippen LogP contribution in [-0.4, -0.2) is 123 Å². The highest BCUT2D eigenvalue weighted by Gasteiger charge is 2.21. The molecule has 4 aromatic heterocycles. The van der Waals surface area contributed by atoms with Crippen LogP contribution in [0.4, 0.5) is 21.5 Å². The Morgan fingerprint density at radius 3 is 1.36 bits per heavy atom. The van der Waals surface area contributed by atoms with Gasteiger partial charge in [-0.2, -0.15) is 10.5 Å². The molecule has 7 rings (SSSR count). The lowest BCUT2D eigenvalue weighted by atomic mass is 10.2. The number of hydrogen-bond donors (Lipinski definition) is 2. The van der Waals surface area contributed by atoms with Crippen molar-refractivity contribution >= 4 is 92.7 Å². The van der Waals surface area contributed by atoms with E-state index in [4.69, 9.17) is 29.8 Å². The Morgan fingerprint density at radius 1 is 0.623 bits per heavy atom. The zero-order valence-corrected chi connectivity index (χ0v) is 37.4. The van der Waals surface area contributed by atoms with Crippen LogP contribution in [0.2, 0.25) is 0 Å². The lowest BCUT2D eigenvalue weighted by Gasteiger charge is -2.29. The molecular weight excluding hydrogens is 1060 g/mol. The Labute approximate surface area is 390 Å². The van der Waals surface area contributed by atoms with Gasteiger partial charge in [-0.3, -0.25) is 4.79 Å². The topological polar surface area (TPSA) is 203 Å². The second-order valence-electron chi connectivity index (χ2n) is 12.0. The fourth-order valence-corrected chi connectivity index (χ4v) is 6.72. The molecular formula is C40H49Br4FN10O6. The van der Waals surface area contributed by atoms with E-state index in [1.807, 2.05) is 17.0 Å². The van der Waals surface area contributed by atoms with E-state index in [1.54, 1.807) is 31.6 Å². The van der Waals surface area contributed by atoms with Gasteiger partial charge in [-0.25, -0.2) is 29.1 Å². The Morgan fingerprint density at radius 2 is 0.967 bits per heavy atom. The number of carbonyl (C=O) groups excluding carboxylic acids is 1. The summed E-state index contributed by atoms with van der Waals surface area (Å²) in [6, 6.07) is 10.5. The minimum absolute atomic E-state index is 0. The molecule has 0 bridgehead atoms. The smallest absolute Gasteiger partial charge is 0.356 e. The SMILES string of the molecule is C.C.C.CNC(=O)c1ncc(Br)cc1N1CCOCC1.N#Cc1ncc(Br)cc1F.N#Cc1ncc(Br)cc1N1CCOCC1.O=C(O)c1ncc(Br)cc1N1CCOCC1. The number of rotatable bonds is 5. The first-order valence-corrected chi connectivity index (χ1v) is 20.6. The van der Waals surface area contributed by atoms with Gasteiger partial charge >= 0.3 is 5.97 Å². The van der Waals surface area contributed by atoms with Crippen LogP contribution < -0.4 is 20.0 Å². The molecule has 0 aromatic carbocycles. The van der Waals surface area contributed by atoms with E-state index < -0.39 is 11.8 Å². The maximum Gasteiger partial charge on any atom is 0.356 e. The van der Waals surface area contributed by atoms with Crippen molar-refractivity contribution in [2.45, 2.75) is 22.3 Å². The highest BCUT2D eigenvalue weighted by molar-refractivity contribution is 9.11. The molecule has 0 atom stereocenters. The molecule has 0 aliphatic carbocycles. The van der Waals surface area contributed by atoms with E-state index in [9.17, 15) is 14.0 Å². The Bertz CT molecular complexity index is 2110. The molecule has 0 spiro atoms. The summed E-state index contributed by atoms with van der Waals surface area (Å²) < 4.78 is 31.4. The molecule has 7 heterocycles. The molecule has 0 unspecified atom stereocenters. The predicted molar refractivity (Wildman–Crippen MR) is 247 cm³/mol. The number of nitrogens with zero attached hydrogens (tertiary/aromatic N) is 9. The molecule has 0 saturated carbocycles. The van der Waals surface area contributed by atoms with Crippen LogP contribution in [0.3, 0.4) is 0 Å². The molecule has 3 aliphatic rings. The number of anilines is 3. The van der Waals surface area contributed by atoms with Crippen LogP contribution in [0.1, 0.15) is 54.6 Å². The molecule has 3 saturated heterocycles. The van der Waals surface area contributed by atoms with Gasteiger partial charge in [-0.05, 0) is 88.0 Å². The third kappa shape index (κ3) is 16.8. The summed E-state index contributed by atoms with van der Waals surface area (Å²) in [4.78, 5) is 44.7. The minimum atomic E-state index is -1.01. The molecule has 4 aromatic rings. The third-order valence-electron chi connectivity index (χ3n) is 8.22. The molecule has 1 amide bonds. The molecule has 3 fully saturated rings. The number of aromatic nitrogens is 4. The zero-order valence-electron chi connectivity index (χ0n) is 31.0. The molecule has 21 heteroatoms. The van der Waals surface area contributed by atoms with Crippen molar-refractivity contribution < 1.29 is 33.3 Å². The van der Waals surface area contributed by atoms with Crippen LogP contribution in [0, 0.1) is 28.5 Å². The normalized spacial score (nSPS) is 14.1. The van der Waals surface area contributed by atoms with E-state index in [1.165, 1.54) is 18.5 Å². The molecule has 2 N–H and O–H groups in total. The summed E-state index contributed by atoms with van der Waals surface area (Å²) in [5, 5.41) is 28.9. The highest BCUT2D eigenvalue weighted by Crippen LogP contribution is 2.26. The van der Waals surface area contributed by atoms with Crippen LogP contribution in [0.25, 0.3) is 0 Å². The van der Waals surface area contributed by atoms with E-state index in [2.05, 4.69) is 105 Å². The Balaban J connectivity index is 0.000000406. The molecule has 61 heavy (non-hydrogen) atoms. The first kappa shape index (κ1) is 54.7. The number of pyridine rings is 4. The van der Waals surface area contributed by atoms with E-state index in [-0.39, 0.29) is 39.6 Å². The van der Waals surface area contributed by atoms with Crippen molar-refractivity contribution in [1.29, 1.82) is 10.5 Å². The maximum absolute atomic E-state index is 12.5. The number of carboxylic acid groups (broad SMARTS) is 1. The average Bonchev–Trinajstić information content (AvgIpc) is 3.25. The number of carboxylic acids is 1. The van der Waals surface area contributed by atoms with Crippen molar-refractivity contribution in [3.05, 3.63) is 95.5 Å². The number of amides is 1. The Hall–Kier alpha value is -4.35. The monoisotopic (exact) mass is 1100 g/mol. The fraction of sp³-hybridized carbons (Fsp3) is 0.400. The standard InChI is InChI=1S/C11H14BrN3O2.C10H10BrN3O.C10H11BrN2O3.C6H2BrFN2.3CH4/c1-13-11(16)10-9(6-8(12)7-14-10)15-2-4-17-5-3-15;11-8-5-10(9(6-12)13-7-8)14-1-3-15-4-2-14;11-7-5-8(9(10(14)15)12-6-7)13-1-3-16-4-2-13;7-4-1-5(8)6(2-9)10-3-4;;;/h6-7H,2-5H2,1H3,(H,13,16);5,7H,1-4H2;5-6H,1-4H2,(H,14,15);1,3H;3*1H4. The summed E-state index contributed by atoms with van der Waals surface area (Å²) in [5.41, 5.74) is 3.22. The van der Waals surface area contributed by atoms with Crippen molar-refractivity contribution in [1.82, 2.24) is 25.3 Å². The summed E-state index contributed by atoms with van der Waals surface area (Å²) in [6.45, 7) is 8.58. The highest BCUT2D eigenvalue weighted by atomic mass is 79.9. The number of ether oxygens (including phenoxy) is 3. The predicted octanol–water partition coefficient (Wildman–Crippen LogP) is 7.73. The van der Waals surface area contributed by atoms with Gasteiger partial charge < -0.3 is 39.3 Å². The van der Waals surface area contributed by atoms with Gasteiger partial charge in [-0.1, -0.05) is 22.3 Å². The molecule has 16 nitrogen and oxygen atoms in total. The number of carbonyl (C=O) groups is 2. The van der Waals surface area contributed by atoms with E-state index in [0.29, 0.717) is 74.3 Å². The quantitative estimate of drug-likeness (QED) is 0.196. The van der Waals surface area contributed by atoms with Gasteiger partial charge in [0.2, 0.25) is 0 Å². The average molecular weight is 1100 g/mol. The van der Waals surface area contributed by atoms with E-state index in [0.717, 1.165) is 51.0 Å². The van der Waals surface area contributed by atoms with Crippen LogP contribution >= 0.6 is 63.7 Å². The molecule has 3 aliphatic heterocycles. The minimum Gasteiger partial charge on any atom is -0.476 e. The number of nitriles is 2. The number of halogens is 5. The second-order valence-corrected chi connectivity index (χ2v) is 15.6. The van der Waals surface area contributed by atoms with Gasteiger partial charge in [-0.15, -0.1) is 0 Å². The van der Waals surface area contributed by atoms with Gasteiger partial charge in [0.1, 0.15) is 12.1 Å². The van der Waals surface area contributed by atoms with Gasteiger partial charge in [0.25, 0.3) is 5.91 Å². The lowest BCUT2D eigenvalue weighted by molar-refractivity contribution is 0.0689. The Kier molecular flexibility index (Phi) is 25.4. The van der Waals surface area contributed by atoms with Gasteiger partial charge in [0.05, 0.1) is 56.7 Å². The number of morpholine rings is 3. The zero-order chi connectivity index (χ0) is 42.0. The van der Waals surface area contributed by atoms with Crippen molar-refractivity contribution in [3.63, 3.8) is 0 Å². The van der Waals surface area contributed by atoms with E-state index >= 15 is 0 Å². The summed E-state index contributed by atoms with van der Waals surface area (Å²) in [6.07, 6.45) is 6.14. The van der Waals surface area contributed by atoms with Crippen molar-refractivity contribution in [2.24, 2.45) is 0 Å². The largest absolute Gasteiger partial charge is 0.476 e. The lowest BCUT2D eigenvalue weighted by Crippen LogP contribution is -2.38. The summed E-state index contributed by atoms with van der Waals surface area (Å²) in [7, 11) is 1.61. The van der Waals surface area contributed by atoms with Crippen LogP contribution in [0.5, 0.6) is 0 Å². The van der Waals surface area contributed by atoms with Gasteiger partial charge in [0, 0.05) is 89.0 Å². The van der Waals surface area contributed by atoms with Gasteiger partial charge in [0.15, 0.2) is 28.6 Å². The first-order chi connectivity index (χ1) is 27.9. The van der Waals surface area contributed by atoms with Crippen molar-refractivity contribution in [2.75, 3.05) is 101 Å². The molecule has 330 valence electrons. The number of aromatic carboxylic acids is 1. The maximum atomic E-state index is 12.5. The second kappa shape index (κ2) is 28.3. The van der Waals surface area contributed by atoms with Crippen LogP contribution in [0.15, 0.2) is 66.9 Å². The summed E-state index contributed by atoms with van der Waals surface area (Å²) >= 11 is 13.1. The first-order valence-electron chi connectivity index (χ1n) is 17.5. The fourth-order valence-electron chi connectivity index (χ4n) is 5.46. The molecule has 0 radical (unpaired) electrons. The number of nitrogens with one attached hydrogen (secondary N) is 1. The van der Waals surface area contributed by atoms with Crippen molar-refractivity contribution in [3.8, 4) is 12.1 Å².